The summed E-state index contributed by atoms with van der Waals surface area (Å²) in [6.07, 6.45) is 2.82. The number of halogens is 2. The summed E-state index contributed by atoms with van der Waals surface area (Å²) in [5.74, 6) is -0.836. The smallest absolute Gasteiger partial charge is 0.264 e. The maximum Gasteiger partial charge on any atom is 0.264 e. The molecule has 0 aliphatic heterocycles. The number of carbonyl (C=O) groups excluding carboxylic acids is 2. The van der Waals surface area contributed by atoms with Crippen LogP contribution in [-0.2, 0) is 32.6 Å². The zero-order chi connectivity index (χ0) is 30.0. The van der Waals surface area contributed by atoms with Gasteiger partial charge in [0.25, 0.3) is 10.0 Å². The van der Waals surface area contributed by atoms with Crippen molar-refractivity contribution in [2.24, 2.45) is 0 Å². The third kappa shape index (κ3) is 8.47. The lowest BCUT2D eigenvalue weighted by Crippen LogP contribution is -2.52. The van der Waals surface area contributed by atoms with Crippen molar-refractivity contribution in [3.63, 3.8) is 0 Å². The van der Waals surface area contributed by atoms with Gasteiger partial charge in [-0.2, -0.15) is 0 Å². The summed E-state index contributed by atoms with van der Waals surface area (Å²) in [6, 6.07) is 19.2. The molecule has 0 radical (unpaired) electrons. The molecular weight excluding hydrogens is 581 g/mol. The summed E-state index contributed by atoms with van der Waals surface area (Å²) >= 11 is 12.6. The summed E-state index contributed by atoms with van der Waals surface area (Å²) < 4.78 is 28.9. The Balaban J connectivity index is 2.05. The molecule has 0 fully saturated rings. The topological polar surface area (TPSA) is 86.8 Å². The lowest BCUT2D eigenvalue weighted by molar-refractivity contribution is -0.140. The molecule has 0 spiro atoms. The van der Waals surface area contributed by atoms with Crippen molar-refractivity contribution in [3.05, 3.63) is 94.0 Å². The first-order valence-electron chi connectivity index (χ1n) is 13.8. The molecule has 220 valence electrons. The standard InChI is InChI=1S/C31H37Cl2N3O4S/c1-4-7-19-34-31(38)29(6-3)35(21-24-15-16-25(32)20-28(24)33)30(37)22-36(26-17-13-23(5-2)14-18-26)41(39,40)27-11-9-8-10-12-27/h8-18,20,29H,4-7,19,21-22H2,1-3H3,(H,34,38)/t29-/m0/s1. The summed E-state index contributed by atoms with van der Waals surface area (Å²) in [5.41, 5.74) is 1.98. The number of nitrogens with zero attached hydrogens (tertiary/aromatic N) is 2. The van der Waals surface area contributed by atoms with Gasteiger partial charge in [-0.15, -0.1) is 0 Å². The predicted molar refractivity (Wildman–Crippen MR) is 166 cm³/mol. The minimum atomic E-state index is -4.12. The highest BCUT2D eigenvalue weighted by atomic mass is 35.5. The summed E-state index contributed by atoms with van der Waals surface area (Å²) in [5, 5.41) is 3.70. The SMILES string of the molecule is CCCCNC(=O)[C@H](CC)N(Cc1ccc(Cl)cc1Cl)C(=O)CN(c1ccc(CC)cc1)S(=O)(=O)c1ccccc1. The number of unbranched alkanes of at least 4 members (excludes halogenated alkanes) is 1. The van der Waals surface area contributed by atoms with Gasteiger partial charge < -0.3 is 10.2 Å². The van der Waals surface area contributed by atoms with Crippen LogP contribution >= 0.6 is 23.2 Å². The first-order valence-corrected chi connectivity index (χ1v) is 16.0. The first-order chi connectivity index (χ1) is 19.6. The van der Waals surface area contributed by atoms with Crippen LogP contribution in [0.15, 0.2) is 77.7 Å². The van der Waals surface area contributed by atoms with Gasteiger partial charge in [0.15, 0.2) is 0 Å². The van der Waals surface area contributed by atoms with Crippen molar-refractivity contribution < 1.29 is 18.0 Å². The lowest BCUT2D eigenvalue weighted by atomic mass is 10.1. The van der Waals surface area contributed by atoms with Gasteiger partial charge in [0.2, 0.25) is 11.8 Å². The molecule has 3 aromatic carbocycles. The van der Waals surface area contributed by atoms with Gasteiger partial charge in [0.1, 0.15) is 12.6 Å². The van der Waals surface area contributed by atoms with Gasteiger partial charge in [0, 0.05) is 23.1 Å². The molecule has 0 aliphatic carbocycles. The van der Waals surface area contributed by atoms with Gasteiger partial charge in [-0.1, -0.05) is 86.8 Å². The molecule has 3 rings (SSSR count). The summed E-state index contributed by atoms with van der Waals surface area (Å²) in [4.78, 5) is 28.9. The highest BCUT2D eigenvalue weighted by Crippen LogP contribution is 2.27. The molecular formula is C31H37Cl2N3O4S. The number of aryl methyl sites for hydroxylation is 1. The van der Waals surface area contributed by atoms with E-state index in [2.05, 4.69) is 5.32 Å². The van der Waals surface area contributed by atoms with E-state index in [0.29, 0.717) is 34.3 Å². The fourth-order valence-corrected chi connectivity index (χ4v) is 6.31. The number of carbonyl (C=O) groups is 2. The molecule has 0 saturated carbocycles. The van der Waals surface area contributed by atoms with E-state index in [0.717, 1.165) is 29.1 Å². The molecule has 1 atom stereocenters. The Morgan fingerprint density at radius 2 is 1.61 bits per heavy atom. The number of benzene rings is 3. The second-order valence-corrected chi connectivity index (χ2v) is 12.4. The normalized spacial score (nSPS) is 12.0. The highest BCUT2D eigenvalue weighted by Gasteiger charge is 2.33. The molecule has 2 amide bonds. The van der Waals surface area contributed by atoms with Crippen molar-refractivity contribution in [1.82, 2.24) is 10.2 Å². The van der Waals surface area contributed by atoms with Crippen molar-refractivity contribution in [2.75, 3.05) is 17.4 Å². The maximum absolute atomic E-state index is 14.1. The zero-order valence-corrected chi connectivity index (χ0v) is 26.0. The van der Waals surface area contributed by atoms with E-state index in [1.165, 1.54) is 17.0 Å². The van der Waals surface area contributed by atoms with Crippen LogP contribution in [0.25, 0.3) is 0 Å². The number of sulfonamides is 1. The van der Waals surface area contributed by atoms with E-state index in [9.17, 15) is 18.0 Å². The number of hydrogen-bond acceptors (Lipinski definition) is 4. The molecule has 3 aromatic rings. The Hall–Kier alpha value is -3.07. The van der Waals surface area contributed by atoms with Crippen LogP contribution in [-0.4, -0.2) is 44.3 Å². The molecule has 0 saturated heterocycles. The molecule has 0 bridgehead atoms. The molecule has 10 heteroatoms. The molecule has 0 unspecified atom stereocenters. The predicted octanol–water partition coefficient (Wildman–Crippen LogP) is 6.47. The van der Waals surface area contributed by atoms with E-state index in [1.807, 2.05) is 32.9 Å². The minimum absolute atomic E-state index is 0.00252. The van der Waals surface area contributed by atoms with Crippen molar-refractivity contribution in [3.8, 4) is 0 Å². The number of anilines is 1. The molecule has 1 N–H and O–H groups in total. The summed E-state index contributed by atoms with van der Waals surface area (Å²) in [6.45, 7) is 5.82. The Bertz CT molecular complexity index is 1420. The molecule has 7 nitrogen and oxygen atoms in total. The number of nitrogens with one attached hydrogen (secondary N) is 1. The number of amides is 2. The van der Waals surface area contributed by atoms with E-state index in [-0.39, 0.29) is 17.3 Å². The van der Waals surface area contributed by atoms with Crippen LogP contribution in [0.5, 0.6) is 0 Å². The van der Waals surface area contributed by atoms with Crippen molar-refractivity contribution in [1.29, 1.82) is 0 Å². The van der Waals surface area contributed by atoms with Crippen LogP contribution in [0.2, 0.25) is 10.0 Å². The maximum atomic E-state index is 14.1. The Morgan fingerprint density at radius 1 is 0.927 bits per heavy atom. The average Bonchev–Trinajstić information content (AvgIpc) is 2.97. The Morgan fingerprint density at radius 3 is 2.20 bits per heavy atom. The van der Waals surface area contributed by atoms with Gasteiger partial charge in [-0.25, -0.2) is 8.42 Å². The summed E-state index contributed by atoms with van der Waals surface area (Å²) in [7, 11) is -4.12. The zero-order valence-electron chi connectivity index (χ0n) is 23.6. The third-order valence-corrected chi connectivity index (χ3v) is 9.19. The minimum Gasteiger partial charge on any atom is -0.354 e. The fourth-order valence-electron chi connectivity index (χ4n) is 4.41. The Labute approximate surface area is 253 Å². The largest absolute Gasteiger partial charge is 0.354 e. The van der Waals surface area contributed by atoms with E-state index < -0.39 is 28.5 Å². The Kier molecular flexibility index (Phi) is 12.1. The molecule has 41 heavy (non-hydrogen) atoms. The number of rotatable bonds is 14. The van der Waals surface area contributed by atoms with E-state index in [1.54, 1.807) is 48.5 Å². The van der Waals surface area contributed by atoms with Crippen LogP contribution < -0.4 is 9.62 Å². The van der Waals surface area contributed by atoms with Crippen molar-refractivity contribution >= 4 is 50.7 Å². The van der Waals surface area contributed by atoms with Gasteiger partial charge in [0.05, 0.1) is 10.6 Å². The van der Waals surface area contributed by atoms with Gasteiger partial charge in [-0.3, -0.25) is 13.9 Å². The van der Waals surface area contributed by atoms with E-state index in [4.69, 9.17) is 23.2 Å². The monoisotopic (exact) mass is 617 g/mol. The molecule has 0 aliphatic rings. The molecule has 0 heterocycles. The lowest BCUT2D eigenvalue weighted by Gasteiger charge is -2.33. The second kappa shape index (κ2) is 15.2. The van der Waals surface area contributed by atoms with E-state index >= 15 is 0 Å². The third-order valence-electron chi connectivity index (χ3n) is 6.81. The number of hydrogen-bond donors (Lipinski definition) is 1. The first kappa shape index (κ1) is 32.4. The average molecular weight is 619 g/mol. The van der Waals surface area contributed by atoms with Crippen LogP contribution in [0.1, 0.15) is 51.2 Å². The van der Waals surface area contributed by atoms with Crippen LogP contribution in [0, 0.1) is 0 Å². The van der Waals surface area contributed by atoms with Gasteiger partial charge >= 0.3 is 0 Å². The van der Waals surface area contributed by atoms with Crippen LogP contribution in [0.4, 0.5) is 5.69 Å². The quantitative estimate of drug-likeness (QED) is 0.210. The van der Waals surface area contributed by atoms with Crippen molar-refractivity contribution in [2.45, 2.75) is 63.9 Å². The highest BCUT2D eigenvalue weighted by molar-refractivity contribution is 7.92. The van der Waals surface area contributed by atoms with Gasteiger partial charge in [-0.05, 0) is 66.8 Å². The molecule has 0 aromatic heterocycles. The van der Waals surface area contributed by atoms with Crippen LogP contribution in [0.3, 0.4) is 0 Å². The second-order valence-electron chi connectivity index (χ2n) is 9.67. The fraction of sp³-hybridized carbons (Fsp3) is 0.355.